The lowest BCUT2D eigenvalue weighted by Gasteiger charge is -2.32. The summed E-state index contributed by atoms with van der Waals surface area (Å²) in [6.45, 7) is 6.75. The van der Waals surface area contributed by atoms with Crippen LogP contribution in [-0.2, 0) is 16.1 Å². The summed E-state index contributed by atoms with van der Waals surface area (Å²) in [7, 11) is 0. The third-order valence-corrected chi connectivity index (χ3v) is 6.31. The van der Waals surface area contributed by atoms with Crippen LogP contribution in [0, 0.1) is 5.92 Å². The molecule has 0 saturated carbocycles. The first-order valence-electron chi connectivity index (χ1n) is 10.9. The molecule has 1 amide bonds. The number of hydrogen-bond acceptors (Lipinski definition) is 6. The molecule has 1 atom stereocenters. The number of carbonyl (C=O) groups excluding carboxylic acids is 1. The van der Waals surface area contributed by atoms with Gasteiger partial charge in [-0.15, -0.1) is 0 Å². The zero-order valence-electron chi connectivity index (χ0n) is 16.8. The van der Waals surface area contributed by atoms with E-state index in [-0.39, 0.29) is 0 Å². The molecule has 7 heteroatoms. The van der Waals surface area contributed by atoms with Gasteiger partial charge in [-0.1, -0.05) is 0 Å². The van der Waals surface area contributed by atoms with Gasteiger partial charge >= 0.3 is 0 Å². The lowest BCUT2D eigenvalue weighted by atomic mass is 9.93. The van der Waals surface area contributed by atoms with E-state index in [1.165, 1.54) is 18.4 Å². The van der Waals surface area contributed by atoms with E-state index in [0.717, 1.165) is 83.9 Å². The molecule has 154 valence electrons. The van der Waals surface area contributed by atoms with Crippen LogP contribution >= 0.6 is 0 Å². The van der Waals surface area contributed by atoms with Gasteiger partial charge in [0.15, 0.2) is 0 Å². The van der Waals surface area contributed by atoms with Crippen LogP contribution in [0.1, 0.15) is 50.5 Å². The van der Waals surface area contributed by atoms with Crippen LogP contribution in [0.25, 0.3) is 0 Å². The second-order valence-electron chi connectivity index (χ2n) is 8.42. The Morgan fingerprint density at radius 3 is 2.61 bits per heavy atom. The number of piperidine rings is 1. The molecule has 28 heavy (non-hydrogen) atoms. The Morgan fingerprint density at radius 1 is 1.11 bits per heavy atom. The summed E-state index contributed by atoms with van der Waals surface area (Å²) >= 11 is 0. The molecule has 4 rings (SSSR count). The van der Waals surface area contributed by atoms with Gasteiger partial charge in [0, 0.05) is 57.2 Å². The summed E-state index contributed by atoms with van der Waals surface area (Å²) in [5.74, 6) is 1.80. The average molecular weight is 388 g/mol. The third kappa shape index (κ3) is 5.41. The highest BCUT2D eigenvalue weighted by atomic mass is 16.5. The van der Waals surface area contributed by atoms with E-state index >= 15 is 0 Å². The monoisotopic (exact) mass is 387 g/mol. The number of hydrogen-bond donors (Lipinski definition) is 1. The first-order valence-corrected chi connectivity index (χ1v) is 10.9. The summed E-state index contributed by atoms with van der Waals surface area (Å²) in [5.41, 5.74) is 1.17. The predicted molar refractivity (Wildman–Crippen MR) is 108 cm³/mol. The van der Waals surface area contributed by atoms with Gasteiger partial charge in [0.2, 0.25) is 11.9 Å². The van der Waals surface area contributed by atoms with Crippen LogP contribution in [0.2, 0.25) is 0 Å². The number of amides is 1. The highest BCUT2D eigenvalue weighted by molar-refractivity contribution is 5.77. The molecule has 7 nitrogen and oxygen atoms in total. The van der Waals surface area contributed by atoms with Crippen LogP contribution in [0.4, 0.5) is 5.95 Å². The Morgan fingerprint density at radius 2 is 1.93 bits per heavy atom. The molecule has 1 aromatic heterocycles. The Kier molecular flexibility index (Phi) is 6.75. The number of carbonyl (C=O) groups is 1. The Balaban J connectivity index is 1.14. The summed E-state index contributed by atoms with van der Waals surface area (Å²) in [5, 5.41) is 3.27. The van der Waals surface area contributed by atoms with E-state index in [1.807, 2.05) is 12.4 Å². The number of aromatic nitrogens is 2. The largest absolute Gasteiger partial charge is 0.376 e. The maximum atomic E-state index is 11.7. The average Bonchev–Trinajstić information content (AvgIpc) is 3.39. The number of anilines is 1. The Bertz CT molecular complexity index is 624. The number of ether oxygens (including phenoxy) is 1. The Labute approximate surface area is 167 Å². The van der Waals surface area contributed by atoms with Crippen molar-refractivity contribution in [1.82, 2.24) is 19.8 Å². The molecule has 0 aromatic carbocycles. The van der Waals surface area contributed by atoms with Crippen LogP contribution in [-0.4, -0.2) is 71.1 Å². The van der Waals surface area contributed by atoms with Gasteiger partial charge in [-0.05, 0) is 57.5 Å². The van der Waals surface area contributed by atoms with Crippen molar-refractivity contribution >= 4 is 11.9 Å². The molecule has 0 radical (unpaired) electrons. The van der Waals surface area contributed by atoms with Crippen molar-refractivity contribution in [3.63, 3.8) is 0 Å². The number of nitrogens with one attached hydrogen (secondary N) is 1. The van der Waals surface area contributed by atoms with Gasteiger partial charge < -0.3 is 15.0 Å². The summed E-state index contributed by atoms with van der Waals surface area (Å²) in [6, 6.07) is 0. The SMILES string of the molecule is O=C1CCCN1CCC1CCN(Cc2cnc(NCC3CCCO3)nc2)CC1. The molecule has 0 spiro atoms. The highest BCUT2D eigenvalue weighted by Gasteiger charge is 2.23. The first-order chi connectivity index (χ1) is 13.8. The van der Waals surface area contributed by atoms with E-state index in [0.29, 0.717) is 18.0 Å². The first kappa shape index (κ1) is 19.6. The van der Waals surface area contributed by atoms with Gasteiger partial charge in [-0.3, -0.25) is 9.69 Å². The van der Waals surface area contributed by atoms with Crippen LogP contribution < -0.4 is 5.32 Å². The van der Waals surface area contributed by atoms with Gasteiger partial charge in [0.05, 0.1) is 6.10 Å². The molecule has 0 bridgehead atoms. The number of likely N-dealkylation sites (tertiary alicyclic amines) is 2. The van der Waals surface area contributed by atoms with E-state index in [2.05, 4.69) is 25.1 Å². The lowest BCUT2D eigenvalue weighted by molar-refractivity contribution is -0.127. The molecule has 3 saturated heterocycles. The summed E-state index contributed by atoms with van der Waals surface area (Å²) in [4.78, 5) is 25.2. The van der Waals surface area contributed by atoms with Crippen LogP contribution in [0.15, 0.2) is 12.4 Å². The van der Waals surface area contributed by atoms with E-state index in [9.17, 15) is 4.79 Å². The normalized spacial score (nSPS) is 24.2. The molecule has 1 unspecified atom stereocenters. The maximum absolute atomic E-state index is 11.7. The fraction of sp³-hybridized carbons (Fsp3) is 0.762. The van der Waals surface area contributed by atoms with Crippen molar-refractivity contribution in [2.45, 2.75) is 57.6 Å². The number of nitrogens with zero attached hydrogens (tertiary/aromatic N) is 4. The molecular formula is C21H33N5O2. The summed E-state index contributed by atoms with van der Waals surface area (Å²) < 4.78 is 5.61. The topological polar surface area (TPSA) is 70.6 Å². The zero-order valence-corrected chi connectivity index (χ0v) is 16.8. The summed E-state index contributed by atoms with van der Waals surface area (Å²) in [6.07, 6.45) is 11.9. The molecule has 1 aromatic rings. The van der Waals surface area contributed by atoms with Crippen LogP contribution in [0.3, 0.4) is 0 Å². The lowest BCUT2D eigenvalue weighted by Crippen LogP contribution is -2.35. The zero-order chi connectivity index (χ0) is 19.2. The predicted octanol–water partition coefficient (Wildman–Crippen LogP) is 2.29. The highest BCUT2D eigenvalue weighted by Crippen LogP contribution is 2.23. The van der Waals surface area contributed by atoms with Crippen molar-refractivity contribution in [2.75, 3.05) is 44.6 Å². The Hall–Kier alpha value is -1.73. The second kappa shape index (κ2) is 9.65. The minimum Gasteiger partial charge on any atom is -0.376 e. The van der Waals surface area contributed by atoms with E-state index in [4.69, 9.17) is 4.74 Å². The molecule has 3 aliphatic rings. The second-order valence-corrected chi connectivity index (χ2v) is 8.42. The van der Waals surface area contributed by atoms with Crippen LogP contribution in [0.5, 0.6) is 0 Å². The van der Waals surface area contributed by atoms with Crippen molar-refractivity contribution in [3.05, 3.63) is 18.0 Å². The molecule has 1 N–H and O–H groups in total. The van der Waals surface area contributed by atoms with Crippen molar-refractivity contribution in [1.29, 1.82) is 0 Å². The maximum Gasteiger partial charge on any atom is 0.222 e. The quantitative estimate of drug-likeness (QED) is 0.738. The molecule has 3 aliphatic heterocycles. The van der Waals surface area contributed by atoms with Crippen molar-refractivity contribution in [3.8, 4) is 0 Å². The van der Waals surface area contributed by atoms with Crippen molar-refractivity contribution < 1.29 is 9.53 Å². The molecule has 3 fully saturated rings. The van der Waals surface area contributed by atoms with Crippen molar-refractivity contribution in [2.24, 2.45) is 5.92 Å². The third-order valence-electron chi connectivity index (χ3n) is 6.31. The van der Waals surface area contributed by atoms with Gasteiger partial charge in [-0.25, -0.2) is 9.97 Å². The van der Waals surface area contributed by atoms with Gasteiger partial charge in [0.1, 0.15) is 0 Å². The fourth-order valence-corrected chi connectivity index (χ4v) is 4.51. The minimum absolute atomic E-state index is 0.299. The van der Waals surface area contributed by atoms with E-state index in [1.54, 1.807) is 0 Å². The van der Waals surface area contributed by atoms with E-state index < -0.39 is 0 Å². The fourth-order valence-electron chi connectivity index (χ4n) is 4.51. The van der Waals surface area contributed by atoms with Gasteiger partial charge in [-0.2, -0.15) is 0 Å². The minimum atomic E-state index is 0.299. The standard InChI is InChI=1S/C21H33N5O2/c27-20-4-1-8-26(20)11-7-17-5-9-25(10-6-17)16-18-13-22-21(23-14-18)24-15-19-3-2-12-28-19/h13-14,17,19H,1-12,15-16H2,(H,22,23,24). The number of rotatable bonds is 8. The van der Waals surface area contributed by atoms with Gasteiger partial charge in [0.25, 0.3) is 0 Å². The molecule has 0 aliphatic carbocycles. The smallest absolute Gasteiger partial charge is 0.222 e. The molecule has 4 heterocycles. The molecular weight excluding hydrogens is 354 g/mol.